The lowest BCUT2D eigenvalue weighted by molar-refractivity contribution is 0.106. The summed E-state index contributed by atoms with van der Waals surface area (Å²) in [5.41, 5.74) is 0.586. The molecule has 0 bridgehead atoms. The zero-order valence-corrected chi connectivity index (χ0v) is 11.6. The van der Waals surface area contributed by atoms with Crippen molar-refractivity contribution in [3.63, 3.8) is 0 Å². The average Bonchev–Trinajstić information content (AvgIpc) is 2.49. The number of hydrogen-bond acceptors (Lipinski definition) is 5. The smallest absolute Gasteiger partial charge is 0.119 e. The lowest BCUT2D eigenvalue weighted by atomic mass is 10.2. The molecule has 110 valence electrons. The minimum atomic E-state index is -0.566. The van der Waals surface area contributed by atoms with Crippen LogP contribution in [0.15, 0.2) is 24.3 Å². The number of rotatable bonds is 10. The third-order valence-corrected chi connectivity index (χ3v) is 2.82. The predicted molar refractivity (Wildman–Crippen MR) is 76.5 cm³/mol. The summed E-state index contributed by atoms with van der Waals surface area (Å²) < 4.78 is 5.43. The van der Waals surface area contributed by atoms with Crippen LogP contribution in [-0.2, 0) is 0 Å². The van der Waals surface area contributed by atoms with Crippen molar-refractivity contribution < 1.29 is 14.9 Å². The monoisotopic (exact) mass is 278 g/mol. The minimum absolute atomic E-state index is 0.218. The van der Waals surface area contributed by atoms with Gasteiger partial charge in [-0.2, -0.15) is 5.26 Å². The van der Waals surface area contributed by atoms with E-state index in [0.29, 0.717) is 17.9 Å². The fourth-order valence-corrected chi connectivity index (χ4v) is 1.68. The lowest BCUT2D eigenvalue weighted by Crippen LogP contribution is -2.32. The number of nitriles is 1. The molecular weight excluding hydrogens is 256 g/mol. The summed E-state index contributed by atoms with van der Waals surface area (Å²) in [6.45, 7) is 1.76. The fourth-order valence-electron chi connectivity index (χ4n) is 1.68. The van der Waals surface area contributed by atoms with Crippen molar-refractivity contribution in [2.24, 2.45) is 0 Å². The maximum Gasteiger partial charge on any atom is 0.119 e. The van der Waals surface area contributed by atoms with Crippen molar-refractivity contribution in [2.45, 2.75) is 25.4 Å². The van der Waals surface area contributed by atoms with Crippen molar-refractivity contribution in [2.75, 3.05) is 26.3 Å². The largest absolute Gasteiger partial charge is 0.491 e. The van der Waals surface area contributed by atoms with Crippen LogP contribution in [0.4, 0.5) is 0 Å². The Morgan fingerprint density at radius 1 is 1.20 bits per heavy atom. The van der Waals surface area contributed by atoms with Crippen LogP contribution in [0.25, 0.3) is 0 Å². The maximum atomic E-state index is 9.73. The van der Waals surface area contributed by atoms with Crippen LogP contribution in [0.2, 0.25) is 0 Å². The second-order valence-corrected chi connectivity index (χ2v) is 4.59. The van der Waals surface area contributed by atoms with Gasteiger partial charge in [-0.25, -0.2) is 0 Å². The SMILES string of the molecule is N#Cc1ccc(OCC(O)CNCCCCCO)cc1. The first-order valence-electron chi connectivity index (χ1n) is 6.89. The van der Waals surface area contributed by atoms with Crippen molar-refractivity contribution in [1.82, 2.24) is 5.32 Å². The van der Waals surface area contributed by atoms with Crippen LogP contribution < -0.4 is 10.1 Å². The van der Waals surface area contributed by atoms with E-state index < -0.39 is 6.10 Å². The molecule has 5 heteroatoms. The normalized spacial score (nSPS) is 11.8. The molecule has 0 saturated carbocycles. The van der Waals surface area contributed by atoms with E-state index in [0.717, 1.165) is 25.8 Å². The minimum Gasteiger partial charge on any atom is -0.491 e. The molecule has 0 spiro atoms. The Bertz CT molecular complexity index is 401. The van der Waals surface area contributed by atoms with E-state index in [4.69, 9.17) is 15.1 Å². The molecule has 0 heterocycles. The molecule has 1 atom stereocenters. The Labute approximate surface area is 119 Å². The van der Waals surface area contributed by atoms with E-state index >= 15 is 0 Å². The van der Waals surface area contributed by atoms with Gasteiger partial charge in [0.2, 0.25) is 0 Å². The Kier molecular flexibility index (Phi) is 8.40. The first-order chi connectivity index (χ1) is 9.76. The molecule has 1 unspecified atom stereocenters. The van der Waals surface area contributed by atoms with Gasteiger partial charge in [-0.3, -0.25) is 0 Å². The van der Waals surface area contributed by atoms with Gasteiger partial charge in [-0.05, 0) is 50.1 Å². The summed E-state index contributed by atoms with van der Waals surface area (Å²) in [7, 11) is 0. The van der Waals surface area contributed by atoms with E-state index in [1.165, 1.54) is 0 Å². The second kappa shape index (κ2) is 10.2. The summed E-state index contributed by atoms with van der Waals surface area (Å²) in [5.74, 6) is 0.644. The van der Waals surface area contributed by atoms with Crippen molar-refractivity contribution in [1.29, 1.82) is 5.26 Å². The standard InChI is InChI=1S/C15H22N2O3/c16-10-13-4-6-15(7-5-13)20-12-14(19)11-17-8-2-1-3-9-18/h4-7,14,17-19H,1-3,8-9,11-12H2. The fraction of sp³-hybridized carbons (Fsp3) is 0.533. The average molecular weight is 278 g/mol. The third-order valence-electron chi connectivity index (χ3n) is 2.82. The van der Waals surface area contributed by atoms with Crippen molar-refractivity contribution in [3.05, 3.63) is 29.8 Å². The van der Waals surface area contributed by atoms with E-state index in [9.17, 15) is 5.11 Å². The Morgan fingerprint density at radius 3 is 2.60 bits per heavy atom. The summed E-state index contributed by atoms with van der Waals surface area (Å²) in [4.78, 5) is 0. The topological polar surface area (TPSA) is 85.5 Å². The van der Waals surface area contributed by atoms with Gasteiger partial charge >= 0.3 is 0 Å². The molecule has 1 aromatic rings. The molecule has 0 aliphatic carbocycles. The molecule has 20 heavy (non-hydrogen) atoms. The summed E-state index contributed by atoms with van der Waals surface area (Å²) >= 11 is 0. The van der Waals surface area contributed by atoms with Crippen molar-refractivity contribution >= 4 is 0 Å². The van der Waals surface area contributed by atoms with Gasteiger partial charge in [0.1, 0.15) is 18.5 Å². The van der Waals surface area contributed by atoms with Gasteiger partial charge in [-0.1, -0.05) is 0 Å². The summed E-state index contributed by atoms with van der Waals surface area (Å²) in [6.07, 6.45) is 2.24. The van der Waals surface area contributed by atoms with E-state index in [1.807, 2.05) is 6.07 Å². The van der Waals surface area contributed by atoms with Gasteiger partial charge in [0.05, 0.1) is 11.6 Å². The highest BCUT2D eigenvalue weighted by molar-refractivity contribution is 5.34. The molecule has 3 N–H and O–H groups in total. The molecule has 1 aromatic carbocycles. The summed E-state index contributed by atoms with van der Waals surface area (Å²) in [5, 5.41) is 30.2. The highest BCUT2D eigenvalue weighted by Gasteiger charge is 2.04. The second-order valence-electron chi connectivity index (χ2n) is 4.59. The van der Waals surface area contributed by atoms with Crippen molar-refractivity contribution in [3.8, 4) is 11.8 Å². The molecule has 0 saturated heterocycles. The van der Waals surface area contributed by atoms with E-state index in [2.05, 4.69) is 5.32 Å². The predicted octanol–water partition coefficient (Wildman–Crippen LogP) is 1.05. The zero-order chi connectivity index (χ0) is 14.6. The van der Waals surface area contributed by atoms with E-state index in [-0.39, 0.29) is 13.2 Å². The maximum absolute atomic E-state index is 9.73. The zero-order valence-electron chi connectivity index (χ0n) is 11.6. The molecule has 0 radical (unpaired) electrons. The van der Waals surface area contributed by atoms with Crippen LogP contribution in [0.1, 0.15) is 24.8 Å². The number of aliphatic hydroxyl groups excluding tert-OH is 2. The number of nitrogens with zero attached hydrogens (tertiary/aromatic N) is 1. The van der Waals surface area contributed by atoms with Gasteiger partial charge in [0.15, 0.2) is 0 Å². The van der Waals surface area contributed by atoms with Crippen LogP contribution in [-0.4, -0.2) is 42.6 Å². The molecule has 0 amide bonds. The van der Waals surface area contributed by atoms with Gasteiger partial charge in [0.25, 0.3) is 0 Å². The van der Waals surface area contributed by atoms with Crippen LogP contribution in [0, 0.1) is 11.3 Å². The first kappa shape index (κ1) is 16.4. The Morgan fingerprint density at radius 2 is 1.95 bits per heavy atom. The Balaban J connectivity index is 2.10. The van der Waals surface area contributed by atoms with Crippen LogP contribution >= 0.6 is 0 Å². The van der Waals surface area contributed by atoms with Gasteiger partial charge in [-0.15, -0.1) is 0 Å². The molecule has 1 rings (SSSR count). The van der Waals surface area contributed by atoms with E-state index in [1.54, 1.807) is 24.3 Å². The Hall–Kier alpha value is -1.61. The molecule has 0 aliphatic heterocycles. The highest BCUT2D eigenvalue weighted by atomic mass is 16.5. The highest BCUT2D eigenvalue weighted by Crippen LogP contribution is 2.11. The number of nitrogens with one attached hydrogen (secondary N) is 1. The number of unbranched alkanes of at least 4 members (excludes halogenated alkanes) is 2. The number of hydrogen-bond donors (Lipinski definition) is 3. The number of benzene rings is 1. The summed E-state index contributed by atoms with van der Waals surface area (Å²) in [6, 6.07) is 8.83. The first-order valence-corrected chi connectivity index (χ1v) is 6.89. The van der Waals surface area contributed by atoms with Crippen LogP contribution in [0.5, 0.6) is 5.75 Å². The third kappa shape index (κ3) is 7.10. The van der Waals surface area contributed by atoms with Crippen LogP contribution in [0.3, 0.4) is 0 Å². The molecular formula is C15H22N2O3. The molecule has 0 aromatic heterocycles. The molecule has 0 fully saturated rings. The van der Waals surface area contributed by atoms with Gasteiger partial charge < -0.3 is 20.3 Å². The number of aliphatic hydroxyl groups is 2. The lowest BCUT2D eigenvalue weighted by Gasteiger charge is -2.13. The molecule has 5 nitrogen and oxygen atoms in total. The number of ether oxygens (including phenoxy) is 1. The van der Waals surface area contributed by atoms with Gasteiger partial charge in [0, 0.05) is 13.2 Å². The quantitative estimate of drug-likeness (QED) is 0.557. The molecule has 0 aliphatic rings.